The number of rotatable bonds is 3. The van der Waals surface area contributed by atoms with Crippen LogP contribution in [0.4, 0.5) is 0 Å². The van der Waals surface area contributed by atoms with Gasteiger partial charge in [-0.1, -0.05) is 17.7 Å². The molecule has 1 rings (SSSR count). The van der Waals surface area contributed by atoms with Crippen molar-refractivity contribution in [1.82, 2.24) is 0 Å². The lowest BCUT2D eigenvalue weighted by molar-refractivity contribution is -0.105. The number of benzene rings is 1. The molecule has 0 atom stereocenters. The molecule has 0 aliphatic heterocycles. The fourth-order valence-corrected chi connectivity index (χ4v) is 1.85. The average Bonchev–Trinajstić information content (AvgIpc) is 2.05. The van der Waals surface area contributed by atoms with Gasteiger partial charge in [0.25, 0.3) is 0 Å². The van der Waals surface area contributed by atoms with Crippen LogP contribution in [0.1, 0.15) is 5.56 Å². The lowest BCUT2D eigenvalue weighted by Gasteiger charge is -1.99. The van der Waals surface area contributed by atoms with Crippen LogP contribution >= 0.6 is 0 Å². The van der Waals surface area contributed by atoms with Gasteiger partial charge in [-0.2, -0.15) is 0 Å². The van der Waals surface area contributed by atoms with Crippen molar-refractivity contribution < 1.29 is 13.2 Å². The summed E-state index contributed by atoms with van der Waals surface area (Å²) in [5.41, 5.74) is 0.991. The van der Waals surface area contributed by atoms with Crippen molar-refractivity contribution in [2.75, 3.05) is 5.75 Å². The Balaban J connectivity index is 3.08. The Kier molecular flexibility index (Phi) is 2.83. The van der Waals surface area contributed by atoms with Gasteiger partial charge in [-0.3, -0.25) is 0 Å². The number of carbonyl (C=O) groups is 1. The van der Waals surface area contributed by atoms with E-state index in [0.29, 0.717) is 6.29 Å². The van der Waals surface area contributed by atoms with E-state index in [2.05, 4.69) is 0 Å². The summed E-state index contributed by atoms with van der Waals surface area (Å²) in [4.78, 5) is 10.3. The highest BCUT2D eigenvalue weighted by Gasteiger charge is 2.12. The SMILES string of the molecule is Cc1ccc(S(=O)(=O)CC=O)cc1. The Morgan fingerprint density at radius 2 is 1.77 bits per heavy atom. The Morgan fingerprint density at radius 3 is 2.23 bits per heavy atom. The van der Waals surface area contributed by atoms with Crippen molar-refractivity contribution >= 4 is 16.1 Å². The summed E-state index contributed by atoms with van der Waals surface area (Å²) in [5.74, 6) is -0.448. The minimum Gasteiger partial charge on any atom is -0.302 e. The quantitative estimate of drug-likeness (QED) is 0.680. The third kappa shape index (κ3) is 2.39. The summed E-state index contributed by atoms with van der Waals surface area (Å²) in [6.45, 7) is 1.87. The average molecular weight is 198 g/mol. The van der Waals surface area contributed by atoms with Crippen molar-refractivity contribution in [2.45, 2.75) is 11.8 Å². The third-order valence-electron chi connectivity index (χ3n) is 1.67. The number of carbonyl (C=O) groups excluding carboxylic acids is 1. The maximum atomic E-state index is 11.3. The van der Waals surface area contributed by atoms with E-state index in [1.165, 1.54) is 12.1 Å². The smallest absolute Gasteiger partial charge is 0.185 e. The predicted molar refractivity (Wildman–Crippen MR) is 49.3 cm³/mol. The van der Waals surface area contributed by atoms with E-state index in [1.54, 1.807) is 12.1 Å². The molecule has 0 aliphatic carbocycles. The second kappa shape index (κ2) is 3.70. The molecule has 0 saturated carbocycles. The van der Waals surface area contributed by atoms with E-state index in [0.717, 1.165) is 5.56 Å². The molecule has 0 saturated heterocycles. The van der Waals surface area contributed by atoms with Crippen LogP contribution in [0.3, 0.4) is 0 Å². The van der Waals surface area contributed by atoms with E-state index in [9.17, 15) is 13.2 Å². The summed E-state index contributed by atoms with van der Waals surface area (Å²) in [5, 5.41) is 0. The Morgan fingerprint density at radius 1 is 1.23 bits per heavy atom. The van der Waals surface area contributed by atoms with Crippen molar-refractivity contribution in [3.05, 3.63) is 29.8 Å². The Labute approximate surface area is 77.3 Å². The first kappa shape index (κ1) is 9.92. The van der Waals surface area contributed by atoms with Crippen LogP contribution in [0.5, 0.6) is 0 Å². The van der Waals surface area contributed by atoms with Gasteiger partial charge in [0.05, 0.1) is 4.90 Å². The first-order chi connectivity index (χ1) is 6.06. The van der Waals surface area contributed by atoms with E-state index >= 15 is 0 Å². The van der Waals surface area contributed by atoms with E-state index in [1.807, 2.05) is 6.92 Å². The summed E-state index contributed by atoms with van der Waals surface area (Å²) in [7, 11) is -3.40. The number of sulfone groups is 1. The molecule has 0 bridgehead atoms. The summed E-state index contributed by atoms with van der Waals surface area (Å²) < 4.78 is 22.6. The molecule has 0 radical (unpaired) electrons. The normalized spacial score (nSPS) is 11.2. The largest absolute Gasteiger partial charge is 0.302 e. The molecule has 0 heterocycles. The minimum atomic E-state index is -3.40. The topological polar surface area (TPSA) is 51.2 Å². The third-order valence-corrected chi connectivity index (χ3v) is 3.23. The maximum Gasteiger partial charge on any atom is 0.185 e. The van der Waals surface area contributed by atoms with Crippen LogP contribution in [-0.4, -0.2) is 20.5 Å². The zero-order valence-corrected chi connectivity index (χ0v) is 8.04. The number of hydrogen-bond acceptors (Lipinski definition) is 3. The molecule has 0 fully saturated rings. The molecule has 0 aliphatic rings. The van der Waals surface area contributed by atoms with Crippen LogP contribution in [-0.2, 0) is 14.6 Å². The van der Waals surface area contributed by atoms with Crippen LogP contribution in [0.15, 0.2) is 29.2 Å². The van der Waals surface area contributed by atoms with Crippen LogP contribution < -0.4 is 0 Å². The molecule has 0 N–H and O–H groups in total. The van der Waals surface area contributed by atoms with Crippen molar-refractivity contribution in [2.24, 2.45) is 0 Å². The molecule has 0 aromatic heterocycles. The van der Waals surface area contributed by atoms with Gasteiger partial charge in [0.1, 0.15) is 12.0 Å². The van der Waals surface area contributed by atoms with Gasteiger partial charge in [0, 0.05) is 0 Å². The standard InChI is InChI=1S/C9H10O3S/c1-8-2-4-9(5-3-8)13(11,12)7-6-10/h2-6H,7H2,1H3. The van der Waals surface area contributed by atoms with Gasteiger partial charge in [0.2, 0.25) is 0 Å². The molecule has 13 heavy (non-hydrogen) atoms. The van der Waals surface area contributed by atoms with Crippen LogP contribution in [0.2, 0.25) is 0 Å². The van der Waals surface area contributed by atoms with Gasteiger partial charge < -0.3 is 4.79 Å². The van der Waals surface area contributed by atoms with E-state index < -0.39 is 15.6 Å². The van der Waals surface area contributed by atoms with Gasteiger partial charge in [-0.25, -0.2) is 8.42 Å². The monoisotopic (exact) mass is 198 g/mol. The summed E-state index contributed by atoms with van der Waals surface area (Å²) >= 11 is 0. The number of aldehydes is 1. The lowest BCUT2D eigenvalue weighted by atomic mass is 10.2. The fourth-order valence-electron chi connectivity index (χ4n) is 0.931. The number of aryl methyl sites for hydroxylation is 1. The second-order valence-electron chi connectivity index (χ2n) is 2.76. The first-order valence-corrected chi connectivity index (χ1v) is 5.44. The van der Waals surface area contributed by atoms with Crippen LogP contribution in [0.25, 0.3) is 0 Å². The minimum absolute atomic E-state index is 0.199. The first-order valence-electron chi connectivity index (χ1n) is 3.79. The molecule has 0 unspecified atom stereocenters. The van der Waals surface area contributed by atoms with Gasteiger partial charge >= 0.3 is 0 Å². The molecular formula is C9H10O3S. The second-order valence-corrected chi connectivity index (χ2v) is 4.80. The molecule has 1 aromatic carbocycles. The molecular weight excluding hydrogens is 188 g/mol. The van der Waals surface area contributed by atoms with Crippen molar-refractivity contribution in [3.63, 3.8) is 0 Å². The highest BCUT2D eigenvalue weighted by atomic mass is 32.2. The van der Waals surface area contributed by atoms with Gasteiger partial charge in [-0.15, -0.1) is 0 Å². The lowest BCUT2D eigenvalue weighted by Crippen LogP contribution is -2.07. The zero-order valence-electron chi connectivity index (χ0n) is 7.23. The molecule has 70 valence electrons. The number of hydrogen-bond donors (Lipinski definition) is 0. The zero-order chi connectivity index (χ0) is 9.90. The van der Waals surface area contributed by atoms with E-state index in [4.69, 9.17) is 0 Å². The van der Waals surface area contributed by atoms with Gasteiger partial charge in [-0.05, 0) is 19.1 Å². The molecule has 0 spiro atoms. The Hall–Kier alpha value is -1.16. The van der Waals surface area contributed by atoms with Crippen molar-refractivity contribution in [3.8, 4) is 0 Å². The Bertz CT molecular complexity index is 389. The highest BCUT2D eigenvalue weighted by Crippen LogP contribution is 2.10. The van der Waals surface area contributed by atoms with Gasteiger partial charge in [0.15, 0.2) is 9.84 Å². The molecule has 1 aromatic rings. The summed E-state index contributed by atoms with van der Waals surface area (Å²) in [6, 6.07) is 6.43. The molecule has 0 amide bonds. The highest BCUT2D eigenvalue weighted by molar-refractivity contribution is 7.92. The molecule has 4 heteroatoms. The fraction of sp³-hybridized carbons (Fsp3) is 0.222. The van der Waals surface area contributed by atoms with E-state index in [-0.39, 0.29) is 4.90 Å². The predicted octanol–water partition coefficient (Wildman–Crippen LogP) is 0.968. The maximum absolute atomic E-state index is 11.3. The van der Waals surface area contributed by atoms with Crippen molar-refractivity contribution in [1.29, 1.82) is 0 Å². The summed E-state index contributed by atoms with van der Waals surface area (Å²) in [6.07, 6.45) is 0.398. The van der Waals surface area contributed by atoms with Crippen LogP contribution in [0, 0.1) is 6.92 Å². The molecule has 3 nitrogen and oxygen atoms in total.